The largest absolute Gasteiger partial charge is 0.508 e. The average molecular weight is 979 g/mol. The number of hydrogen-bond acceptors (Lipinski definition) is 23. The highest BCUT2D eigenvalue weighted by atomic mass is 16.6. The smallest absolute Gasteiger partial charge is 0.254 e. The topological polar surface area (TPSA) is 457 Å². The van der Waals surface area contributed by atoms with Crippen LogP contribution in [0.3, 0.4) is 0 Å². The number of rotatable bonds is 21. The number of nitrogens with two attached hydrogens (primary N) is 4. The molecule has 0 radical (unpaired) electrons. The van der Waals surface area contributed by atoms with Crippen LogP contribution in [0.2, 0.25) is 0 Å². The normalized spacial score (nSPS) is 27.4. The molecule has 0 spiro atoms. The maximum Gasteiger partial charge on any atom is 0.254 e. The van der Waals surface area contributed by atoms with E-state index in [-0.39, 0.29) is 36.9 Å². The first kappa shape index (κ1) is 54.3. The van der Waals surface area contributed by atoms with Crippen LogP contribution in [-0.4, -0.2) is 216 Å². The maximum atomic E-state index is 14.6. The van der Waals surface area contributed by atoms with Gasteiger partial charge < -0.3 is 99.5 Å². The molecule has 2 fully saturated rings. The van der Waals surface area contributed by atoms with Crippen LogP contribution in [0.5, 0.6) is 5.75 Å². The number of guanidine groups is 2. The first-order chi connectivity index (χ1) is 32.7. The molecular formula is C42H66N12O15. The summed E-state index contributed by atoms with van der Waals surface area (Å²) in [5, 5.41) is 95.5. The van der Waals surface area contributed by atoms with Crippen LogP contribution < -0.4 is 44.2 Å². The van der Waals surface area contributed by atoms with Crippen molar-refractivity contribution in [2.24, 2.45) is 44.8 Å². The van der Waals surface area contributed by atoms with E-state index in [1.54, 1.807) is 6.92 Å². The first-order valence-corrected chi connectivity index (χ1v) is 22.7. The monoisotopic (exact) mass is 978 g/mol. The summed E-state index contributed by atoms with van der Waals surface area (Å²) >= 11 is 0. The van der Waals surface area contributed by atoms with E-state index >= 15 is 0 Å². The van der Waals surface area contributed by atoms with Crippen LogP contribution in [0, 0.1) is 11.8 Å². The molecule has 0 aromatic heterocycles. The van der Waals surface area contributed by atoms with Crippen LogP contribution in [0.1, 0.15) is 44.6 Å². The molecule has 15 atom stereocenters. The molecule has 1 saturated carbocycles. The van der Waals surface area contributed by atoms with Gasteiger partial charge in [-0.2, -0.15) is 0 Å². The van der Waals surface area contributed by atoms with Gasteiger partial charge in [-0.05, 0) is 36.0 Å². The number of aromatic hydroxyl groups is 1. The molecular weight excluding hydrogens is 913 g/mol. The van der Waals surface area contributed by atoms with Crippen LogP contribution in [-0.2, 0) is 39.9 Å². The molecule has 3 aliphatic heterocycles. The van der Waals surface area contributed by atoms with Gasteiger partial charge in [0.25, 0.3) is 5.91 Å². The van der Waals surface area contributed by atoms with Crippen molar-refractivity contribution in [3.63, 3.8) is 0 Å². The Morgan fingerprint density at radius 1 is 0.870 bits per heavy atom. The summed E-state index contributed by atoms with van der Waals surface area (Å²) in [5.41, 5.74) is 25.0. The molecule has 384 valence electrons. The van der Waals surface area contributed by atoms with Crippen molar-refractivity contribution in [3.8, 4) is 5.75 Å². The molecule has 5 rings (SSSR count). The third-order valence-electron chi connectivity index (χ3n) is 13.2. The van der Waals surface area contributed by atoms with Crippen LogP contribution in [0.25, 0.3) is 0 Å². The molecule has 20 N–H and O–H groups in total. The number of hydrogen-bond donors (Lipinski definition) is 16. The van der Waals surface area contributed by atoms with Crippen molar-refractivity contribution >= 4 is 47.7 Å². The molecule has 1 aromatic carbocycles. The Kier molecular flexibility index (Phi) is 19.1. The van der Waals surface area contributed by atoms with E-state index in [0.717, 1.165) is 37.0 Å². The van der Waals surface area contributed by atoms with E-state index in [2.05, 4.69) is 31.3 Å². The second kappa shape index (κ2) is 24.3. The summed E-state index contributed by atoms with van der Waals surface area (Å²) in [4.78, 5) is 91.9. The molecule has 0 bridgehead atoms. The zero-order valence-corrected chi connectivity index (χ0v) is 37.9. The molecule has 69 heavy (non-hydrogen) atoms. The van der Waals surface area contributed by atoms with Gasteiger partial charge in [0.15, 0.2) is 18.1 Å². The van der Waals surface area contributed by atoms with Gasteiger partial charge in [-0.15, -0.1) is 0 Å². The zero-order valence-electron chi connectivity index (χ0n) is 37.9. The van der Waals surface area contributed by atoms with Crippen molar-refractivity contribution in [1.29, 1.82) is 0 Å². The Hall–Kier alpha value is -5.62. The Balaban J connectivity index is 1.48. The highest BCUT2D eigenvalue weighted by Crippen LogP contribution is 2.32. The molecule has 5 amide bonds. The van der Waals surface area contributed by atoms with Gasteiger partial charge in [0.1, 0.15) is 66.8 Å². The number of aliphatic imine (C=N–C) groups is 2. The fourth-order valence-electron chi connectivity index (χ4n) is 9.01. The van der Waals surface area contributed by atoms with Crippen molar-refractivity contribution < 1.29 is 74.4 Å². The molecule has 11 unspecified atom stereocenters. The fourth-order valence-corrected chi connectivity index (χ4v) is 9.01. The minimum Gasteiger partial charge on any atom is -0.508 e. The summed E-state index contributed by atoms with van der Waals surface area (Å²) in [6, 6.07) is -6.06. The predicted octanol–water partition coefficient (Wildman–Crippen LogP) is -8.39. The van der Waals surface area contributed by atoms with Crippen LogP contribution in [0.15, 0.2) is 34.3 Å². The van der Waals surface area contributed by atoms with Crippen LogP contribution in [0.4, 0.5) is 0 Å². The number of benzene rings is 1. The minimum atomic E-state index is -2.31. The van der Waals surface area contributed by atoms with Crippen molar-refractivity contribution in [1.82, 2.24) is 31.1 Å². The molecule has 4 aliphatic rings. The third kappa shape index (κ3) is 12.8. The lowest BCUT2D eigenvalue weighted by Crippen LogP contribution is -2.70. The number of imide groups is 1. The molecule has 1 aliphatic carbocycles. The average Bonchev–Trinajstić information content (AvgIpc) is 3.96. The number of ether oxygens (including phenoxy) is 1. The Labute approximate surface area is 396 Å². The number of aliphatic hydroxyl groups excluding tert-OH is 7. The van der Waals surface area contributed by atoms with E-state index in [0.29, 0.717) is 10.5 Å². The number of amides is 5. The fraction of sp³-hybridized carbons (Fsp3) is 0.667. The van der Waals surface area contributed by atoms with Gasteiger partial charge in [0, 0.05) is 0 Å². The number of phenolic OH excluding ortho intramolecular Hbond substituents is 1. The molecule has 27 nitrogen and oxygen atoms in total. The van der Waals surface area contributed by atoms with Crippen LogP contribution >= 0.6 is 0 Å². The standard InChI is InChI=1S/C42H66N12O15/c1-18(20-5-3-2-4-6-20)27(44)39(68)53(11-12-55)38(67)24(16-56)49-36(65)29(31(60)25-15-48-42(46)54(25)40-34(63)33(62)32(61)26(17-57)69-40)52-37(66)28(30(59)23-14-47-41(45)50-23)51-35(64)22(43)13-19-7-9-21(58)10-8-19/h7-10,12,18,20,22-34,40,56-63H,2-6,11,13-17,43-44H2,1H3,(H2,46,48)(H,49,65)(H,51,64)(H,52,66)(H3,45,47,50)/t18?,22-,23?,24-,25?,26?,27?,28-,29-,30?,31?,32?,33?,34?,40?/m0/s1. The molecule has 3 heterocycles. The highest BCUT2D eigenvalue weighted by molar-refractivity contribution is 6.03. The Morgan fingerprint density at radius 3 is 2.09 bits per heavy atom. The minimum absolute atomic E-state index is 0.0395. The lowest BCUT2D eigenvalue weighted by atomic mass is 9.77. The van der Waals surface area contributed by atoms with Gasteiger partial charge in [-0.1, -0.05) is 51.2 Å². The summed E-state index contributed by atoms with van der Waals surface area (Å²) in [6.07, 6.45) is -8.67. The molecule has 1 aromatic rings. The second-order valence-electron chi connectivity index (χ2n) is 17.8. The van der Waals surface area contributed by atoms with E-state index < -0.39 is 153 Å². The van der Waals surface area contributed by atoms with Gasteiger partial charge in [-0.25, -0.2) is 0 Å². The molecule has 27 heteroatoms. The first-order valence-electron chi connectivity index (χ1n) is 22.7. The predicted molar refractivity (Wildman–Crippen MR) is 240 cm³/mol. The summed E-state index contributed by atoms with van der Waals surface area (Å²) in [5.74, 6) is -7.10. The number of nitrogens with one attached hydrogen (secondary N) is 4. The molecule has 1 saturated heterocycles. The van der Waals surface area contributed by atoms with E-state index in [1.807, 2.05) is 0 Å². The van der Waals surface area contributed by atoms with Gasteiger partial charge in [-0.3, -0.25) is 38.9 Å². The number of carbonyl (C=O) groups excluding carboxylic acids is 6. The van der Waals surface area contributed by atoms with Crippen molar-refractivity contribution in [3.05, 3.63) is 29.8 Å². The second-order valence-corrected chi connectivity index (χ2v) is 17.8. The van der Waals surface area contributed by atoms with Crippen molar-refractivity contribution in [2.45, 2.75) is 131 Å². The quantitative estimate of drug-likeness (QED) is 0.0509. The lowest BCUT2D eigenvalue weighted by molar-refractivity contribution is -0.260. The van der Waals surface area contributed by atoms with E-state index in [1.165, 1.54) is 24.3 Å². The number of nitrogens with zero attached hydrogens (tertiary/aromatic N) is 4. The number of phenols is 1. The summed E-state index contributed by atoms with van der Waals surface area (Å²) < 4.78 is 5.67. The van der Waals surface area contributed by atoms with Gasteiger partial charge >= 0.3 is 0 Å². The Bertz CT molecular complexity index is 2030. The van der Waals surface area contributed by atoms with E-state index in [4.69, 9.17) is 27.7 Å². The lowest BCUT2D eigenvalue weighted by Gasteiger charge is -2.46. The van der Waals surface area contributed by atoms with E-state index in [9.17, 15) is 69.6 Å². The van der Waals surface area contributed by atoms with Gasteiger partial charge in [0.05, 0.1) is 57.0 Å². The van der Waals surface area contributed by atoms with Crippen molar-refractivity contribution in [2.75, 3.05) is 32.8 Å². The Morgan fingerprint density at radius 2 is 1.49 bits per heavy atom. The maximum absolute atomic E-state index is 14.6. The number of aliphatic hydroxyl groups is 7. The van der Waals surface area contributed by atoms with Gasteiger partial charge in [0.2, 0.25) is 23.6 Å². The summed E-state index contributed by atoms with van der Waals surface area (Å²) in [7, 11) is 0. The summed E-state index contributed by atoms with van der Waals surface area (Å²) in [6.45, 7) is -1.88. The number of aldehydes is 1. The highest BCUT2D eigenvalue weighted by Gasteiger charge is 2.52. The number of carbonyl (C=O) groups is 6. The zero-order chi connectivity index (χ0) is 50.9. The third-order valence-corrected chi connectivity index (χ3v) is 13.2. The SMILES string of the molecule is CC(C1CCCCC1)C(N)C(=O)N(CC=O)C(=O)[C@H](CO)NC(=O)[C@@H](NC(=O)[C@@H](NC(=O)[C@@H](N)Cc1ccc(O)cc1)C(O)C1CN=C(N)N1)C(O)C1CN=C(N)N1C1OC(CO)C(O)C(O)C1O.